The van der Waals surface area contributed by atoms with Gasteiger partial charge in [0.1, 0.15) is 5.69 Å². The van der Waals surface area contributed by atoms with Crippen LogP contribution in [0.4, 0.5) is 11.4 Å². The largest absolute Gasteiger partial charge is 0.465 e. The Morgan fingerprint density at radius 2 is 2.17 bits per heavy atom. The molecule has 0 aliphatic rings. The van der Waals surface area contributed by atoms with E-state index in [1.54, 1.807) is 0 Å². The van der Waals surface area contributed by atoms with Gasteiger partial charge in [0.2, 0.25) is 5.91 Å². The second kappa shape index (κ2) is 5.62. The Morgan fingerprint density at radius 3 is 2.67 bits per heavy atom. The fourth-order valence-electron chi connectivity index (χ4n) is 1.26. The predicted molar refractivity (Wildman–Crippen MR) is 62.1 cm³/mol. The fourth-order valence-corrected chi connectivity index (χ4v) is 1.26. The van der Waals surface area contributed by atoms with Crippen LogP contribution in [0.15, 0.2) is 18.2 Å². The van der Waals surface area contributed by atoms with Gasteiger partial charge in [0.05, 0.1) is 24.1 Å². The molecule has 0 aliphatic heterocycles. The number of nitrogens with two attached hydrogens (primary N) is 1. The molecular formula is C10H11N3O5. The third-order valence-electron chi connectivity index (χ3n) is 2.07. The number of nitrogens with one attached hydrogen (secondary N) is 1. The number of anilines is 1. The molecule has 0 saturated heterocycles. The quantitative estimate of drug-likeness (QED) is 0.441. The number of methoxy groups -OCH3 is 1. The SMILES string of the molecule is COC(=O)c1ccc([N+](=O)[O-])c(NCC(N)=O)c1. The molecule has 8 nitrogen and oxygen atoms in total. The van der Waals surface area contributed by atoms with E-state index in [2.05, 4.69) is 10.1 Å². The van der Waals surface area contributed by atoms with Crippen LogP contribution in [0.2, 0.25) is 0 Å². The van der Waals surface area contributed by atoms with E-state index in [9.17, 15) is 19.7 Å². The molecule has 0 aromatic heterocycles. The summed E-state index contributed by atoms with van der Waals surface area (Å²) in [5.74, 6) is -1.31. The molecule has 0 unspecified atom stereocenters. The molecule has 0 radical (unpaired) electrons. The molecule has 1 rings (SSSR count). The maximum atomic E-state index is 11.3. The Morgan fingerprint density at radius 1 is 1.50 bits per heavy atom. The average Bonchev–Trinajstić information content (AvgIpc) is 2.34. The van der Waals surface area contributed by atoms with Gasteiger partial charge in [0, 0.05) is 6.07 Å². The number of hydrogen-bond donors (Lipinski definition) is 2. The normalized spacial score (nSPS) is 9.61. The molecule has 0 saturated carbocycles. The Hall–Kier alpha value is -2.64. The summed E-state index contributed by atoms with van der Waals surface area (Å²) in [5, 5.41) is 13.2. The molecule has 0 heterocycles. The van der Waals surface area contributed by atoms with Crippen molar-refractivity contribution < 1.29 is 19.2 Å². The van der Waals surface area contributed by atoms with Crippen molar-refractivity contribution in [1.29, 1.82) is 0 Å². The number of nitrogens with zero attached hydrogens (tertiary/aromatic N) is 1. The second-order valence-electron chi connectivity index (χ2n) is 3.30. The van der Waals surface area contributed by atoms with Crippen molar-refractivity contribution in [2.75, 3.05) is 19.0 Å². The van der Waals surface area contributed by atoms with Gasteiger partial charge in [-0.2, -0.15) is 0 Å². The van der Waals surface area contributed by atoms with Crippen LogP contribution in [-0.2, 0) is 9.53 Å². The first-order valence-corrected chi connectivity index (χ1v) is 4.84. The van der Waals surface area contributed by atoms with Crippen molar-refractivity contribution >= 4 is 23.3 Å². The third kappa shape index (κ3) is 3.17. The van der Waals surface area contributed by atoms with E-state index < -0.39 is 16.8 Å². The van der Waals surface area contributed by atoms with Gasteiger partial charge in [-0.25, -0.2) is 4.79 Å². The number of carbonyl (C=O) groups excluding carboxylic acids is 2. The maximum absolute atomic E-state index is 11.3. The lowest BCUT2D eigenvalue weighted by Gasteiger charge is -2.06. The Balaban J connectivity index is 3.11. The Kier molecular flexibility index (Phi) is 4.19. The maximum Gasteiger partial charge on any atom is 0.337 e. The van der Waals surface area contributed by atoms with Gasteiger partial charge in [0.25, 0.3) is 5.69 Å². The highest BCUT2D eigenvalue weighted by atomic mass is 16.6. The van der Waals surface area contributed by atoms with E-state index in [1.165, 1.54) is 19.2 Å². The van der Waals surface area contributed by atoms with Gasteiger partial charge in [-0.3, -0.25) is 14.9 Å². The Bertz CT molecular complexity index is 500. The number of nitro groups is 1. The van der Waals surface area contributed by atoms with Crippen LogP contribution in [-0.4, -0.2) is 30.5 Å². The van der Waals surface area contributed by atoms with E-state index in [4.69, 9.17) is 5.73 Å². The summed E-state index contributed by atoms with van der Waals surface area (Å²) in [6.45, 7) is -0.272. The lowest BCUT2D eigenvalue weighted by atomic mass is 10.1. The van der Waals surface area contributed by atoms with E-state index >= 15 is 0 Å². The van der Waals surface area contributed by atoms with Gasteiger partial charge < -0.3 is 15.8 Å². The summed E-state index contributed by atoms with van der Waals surface area (Å²) < 4.78 is 4.49. The Labute approximate surface area is 102 Å². The number of ether oxygens (including phenoxy) is 1. The number of carbonyl (C=O) groups is 2. The van der Waals surface area contributed by atoms with Crippen molar-refractivity contribution in [3.05, 3.63) is 33.9 Å². The van der Waals surface area contributed by atoms with Crippen molar-refractivity contribution in [2.45, 2.75) is 0 Å². The van der Waals surface area contributed by atoms with Crippen LogP contribution in [0.25, 0.3) is 0 Å². The minimum atomic E-state index is -0.673. The van der Waals surface area contributed by atoms with Gasteiger partial charge in [0.15, 0.2) is 0 Å². The molecule has 0 bridgehead atoms. The highest BCUT2D eigenvalue weighted by Gasteiger charge is 2.17. The average molecular weight is 253 g/mol. The van der Waals surface area contributed by atoms with E-state index in [-0.39, 0.29) is 23.5 Å². The number of primary amides is 1. The topological polar surface area (TPSA) is 125 Å². The van der Waals surface area contributed by atoms with Gasteiger partial charge in [-0.1, -0.05) is 0 Å². The monoisotopic (exact) mass is 253 g/mol. The molecule has 8 heteroatoms. The first-order chi connectivity index (χ1) is 8.45. The lowest BCUT2D eigenvalue weighted by molar-refractivity contribution is -0.383. The molecular weight excluding hydrogens is 242 g/mol. The smallest absolute Gasteiger partial charge is 0.337 e. The minimum Gasteiger partial charge on any atom is -0.465 e. The molecule has 0 aliphatic carbocycles. The van der Waals surface area contributed by atoms with E-state index in [1.807, 2.05) is 0 Å². The summed E-state index contributed by atoms with van der Waals surface area (Å²) in [6, 6.07) is 3.64. The standard InChI is InChI=1S/C10H11N3O5/c1-18-10(15)6-2-3-8(13(16)17)7(4-6)12-5-9(11)14/h2-4,12H,5H2,1H3,(H2,11,14). The van der Waals surface area contributed by atoms with Crippen molar-refractivity contribution in [3.8, 4) is 0 Å². The van der Waals surface area contributed by atoms with Crippen molar-refractivity contribution in [2.24, 2.45) is 5.73 Å². The van der Waals surface area contributed by atoms with Crippen LogP contribution in [0.1, 0.15) is 10.4 Å². The highest BCUT2D eigenvalue weighted by molar-refractivity contribution is 5.92. The zero-order valence-corrected chi connectivity index (χ0v) is 9.50. The number of hydrogen-bond acceptors (Lipinski definition) is 6. The molecule has 1 aromatic rings. The lowest BCUT2D eigenvalue weighted by Crippen LogP contribution is -2.22. The summed E-state index contributed by atoms with van der Waals surface area (Å²) in [7, 11) is 1.19. The summed E-state index contributed by atoms with van der Waals surface area (Å²) >= 11 is 0. The molecule has 0 atom stereocenters. The number of esters is 1. The fraction of sp³-hybridized carbons (Fsp3) is 0.200. The summed E-state index contributed by atoms with van der Waals surface area (Å²) in [5.41, 5.74) is 4.83. The first kappa shape index (κ1) is 13.4. The van der Waals surface area contributed by atoms with Crippen LogP contribution < -0.4 is 11.1 Å². The molecule has 3 N–H and O–H groups in total. The summed E-state index contributed by atoms with van der Waals surface area (Å²) in [6.07, 6.45) is 0. The number of rotatable bonds is 5. The van der Waals surface area contributed by atoms with Crippen molar-refractivity contribution in [1.82, 2.24) is 0 Å². The molecule has 0 fully saturated rings. The zero-order valence-electron chi connectivity index (χ0n) is 9.50. The highest BCUT2D eigenvalue weighted by Crippen LogP contribution is 2.25. The van der Waals surface area contributed by atoms with E-state index in [0.29, 0.717) is 0 Å². The molecule has 18 heavy (non-hydrogen) atoms. The van der Waals surface area contributed by atoms with Crippen LogP contribution in [0, 0.1) is 10.1 Å². The van der Waals surface area contributed by atoms with Gasteiger partial charge in [-0.05, 0) is 12.1 Å². The van der Waals surface area contributed by atoms with Crippen LogP contribution in [0.3, 0.4) is 0 Å². The molecule has 1 aromatic carbocycles. The molecule has 1 amide bonds. The summed E-state index contributed by atoms with van der Waals surface area (Å²) in [4.78, 5) is 32.0. The van der Waals surface area contributed by atoms with Crippen LogP contribution in [0.5, 0.6) is 0 Å². The minimum absolute atomic E-state index is 0.0294. The third-order valence-corrected chi connectivity index (χ3v) is 2.07. The first-order valence-electron chi connectivity index (χ1n) is 4.84. The molecule has 0 spiro atoms. The number of amides is 1. The van der Waals surface area contributed by atoms with Crippen molar-refractivity contribution in [3.63, 3.8) is 0 Å². The number of benzene rings is 1. The predicted octanol–water partition coefficient (Wildman–Crippen LogP) is 0.279. The molecule has 96 valence electrons. The zero-order chi connectivity index (χ0) is 13.7. The van der Waals surface area contributed by atoms with Crippen LogP contribution >= 0.6 is 0 Å². The van der Waals surface area contributed by atoms with Gasteiger partial charge in [-0.15, -0.1) is 0 Å². The van der Waals surface area contributed by atoms with E-state index in [0.717, 1.165) is 6.07 Å². The van der Waals surface area contributed by atoms with Gasteiger partial charge >= 0.3 is 5.97 Å². The number of nitro benzene ring substituents is 1. The second-order valence-corrected chi connectivity index (χ2v) is 3.30.